The molecule has 7 nitrogen and oxygen atoms in total. The van der Waals surface area contributed by atoms with E-state index in [1.807, 2.05) is 47.8 Å². The van der Waals surface area contributed by atoms with Crippen molar-refractivity contribution in [3.8, 4) is 11.3 Å². The lowest BCUT2D eigenvalue weighted by Crippen LogP contribution is -2.30. The van der Waals surface area contributed by atoms with Crippen LogP contribution >= 0.6 is 46.3 Å². The van der Waals surface area contributed by atoms with Crippen molar-refractivity contribution in [2.75, 3.05) is 10.6 Å². The average molecular weight is 716 g/mol. The van der Waals surface area contributed by atoms with Gasteiger partial charge in [0.15, 0.2) is 5.13 Å². The van der Waals surface area contributed by atoms with Gasteiger partial charge in [0, 0.05) is 32.1 Å². The minimum atomic E-state index is -0.469. The molecule has 1 atom stereocenters. The Morgan fingerprint density at radius 1 is 0.854 bits per heavy atom. The number of hydrogen-bond donors (Lipinski definition) is 3. The quantitative estimate of drug-likeness (QED) is 0.0934. The van der Waals surface area contributed by atoms with Crippen molar-refractivity contribution in [2.24, 2.45) is 0 Å². The molecule has 0 radical (unpaired) electrons. The molecule has 0 bridgehead atoms. The Bertz CT molecular complexity index is 1940. The summed E-state index contributed by atoms with van der Waals surface area (Å²) in [5.41, 5.74) is 4.41. The van der Waals surface area contributed by atoms with Crippen molar-refractivity contribution in [3.63, 3.8) is 0 Å². The molecule has 244 valence electrons. The molecule has 0 aliphatic carbocycles. The van der Waals surface area contributed by atoms with E-state index in [0.717, 1.165) is 16.0 Å². The van der Waals surface area contributed by atoms with E-state index < -0.39 is 17.1 Å². The molecule has 5 aromatic rings. The van der Waals surface area contributed by atoms with Gasteiger partial charge in [-0.2, -0.15) is 0 Å². The summed E-state index contributed by atoms with van der Waals surface area (Å²) in [6, 6.07) is 28.9. The predicted molar refractivity (Wildman–Crippen MR) is 199 cm³/mol. The van der Waals surface area contributed by atoms with Crippen LogP contribution in [0.5, 0.6) is 0 Å². The summed E-state index contributed by atoms with van der Waals surface area (Å²) in [5, 5.41) is 11.4. The second kappa shape index (κ2) is 16.1. The number of nitrogens with zero attached hydrogens (tertiary/aromatic N) is 1. The Morgan fingerprint density at radius 2 is 1.56 bits per heavy atom. The molecule has 4 aromatic carbocycles. The van der Waals surface area contributed by atoms with Gasteiger partial charge in [-0.05, 0) is 84.6 Å². The zero-order valence-electron chi connectivity index (χ0n) is 26.3. The first-order chi connectivity index (χ1) is 23.0. The highest BCUT2D eigenvalue weighted by molar-refractivity contribution is 8.00. The number of anilines is 2. The Morgan fingerprint density at radius 3 is 2.23 bits per heavy atom. The summed E-state index contributed by atoms with van der Waals surface area (Å²) in [4.78, 5) is 44.7. The van der Waals surface area contributed by atoms with E-state index in [1.165, 1.54) is 28.7 Å². The van der Waals surface area contributed by atoms with Crippen molar-refractivity contribution < 1.29 is 14.4 Å². The van der Waals surface area contributed by atoms with E-state index in [4.69, 9.17) is 23.2 Å². The third-order valence-electron chi connectivity index (χ3n) is 7.18. The zero-order chi connectivity index (χ0) is 34.2. The summed E-state index contributed by atoms with van der Waals surface area (Å²) < 4.78 is 0. The van der Waals surface area contributed by atoms with Crippen LogP contribution in [0, 0.1) is 0 Å². The minimum Gasteiger partial charge on any atom is -0.321 e. The van der Waals surface area contributed by atoms with Gasteiger partial charge in [-0.1, -0.05) is 79.5 Å². The smallest absolute Gasteiger partial charge is 0.272 e. The van der Waals surface area contributed by atoms with Crippen LogP contribution in [0.4, 0.5) is 10.8 Å². The Kier molecular flexibility index (Phi) is 11.7. The number of hydrogen-bond acceptors (Lipinski definition) is 6. The minimum absolute atomic E-state index is 0.105. The lowest BCUT2D eigenvalue weighted by Gasteiger charge is -2.13. The third kappa shape index (κ3) is 9.35. The lowest BCUT2D eigenvalue weighted by atomic mass is 10.0. The van der Waals surface area contributed by atoms with E-state index >= 15 is 0 Å². The topological polar surface area (TPSA) is 100 Å². The van der Waals surface area contributed by atoms with E-state index in [0.29, 0.717) is 38.0 Å². The van der Waals surface area contributed by atoms with Gasteiger partial charge in [0.2, 0.25) is 5.91 Å². The van der Waals surface area contributed by atoms with E-state index in [2.05, 4.69) is 34.8 Å². The number of halogens is 2. The maximum Gasteiger partial charge on any atom is 0.272 e. The Labute approximate surface area is 297 Å². The fourth-order valence-electron chi connectivity index (χ4n) is 4.52. The second-order valence-corrected chi connectivity index (χ2v) is 14.2. The molecule has 0 aliphatic heterocycles. The number of rotatable bonds is 11. The van der Waals surface area contributed by atoms with E-state index in [-0.39, 0.29) is 11.6 Å². The normalized spacial score (nSPS) is 12.0. The fourth-order valence-corrected chi connectivity index (χ4v) is 6.60. The standard InChI is InChI=1S/C37H32Cl2N4O3S2/c1-22(2)25-11-9-24(10-12-25)19-32(41-35(45)26-7-5-4-6-8-26)36(46)40-28-14-16-29(17-15-28)48-23(3)34(44)43-37-42-33(21-47-37)30-18-13-27(38)20-31(30)39/h4-23H,1-3H3,(H,40,46)(H,41,45)(H,42,43,44)/b32-19-. The first-order valence-corrected chi connectivity index (χ1v) is 17.5. The lowest BCUT2D eigenvalue weighted by molar-refractivity contribution is -0.115. The van der Waals surface area contributed by atoms with Crippen molar-refractivity contribution >= 4 is 80.9 Å². The summed E-state index contributed by atoms with van der Waals surface area (Å²) in [7, 11) is 0. The number of nitrogens with one attached hydrogen (secondary N) is 3. The third-order valence-corrected chi connectivity index (χ3v) is 9.60. The molecule has 48 heavy (non-hydrogen) atoms. The number of carbonyl (C=O) groups is 3. The summed E-state index contributed by atoms with van der Waals surface area (Å²) >= 11 is 15.0. The monoisotopic (exact) mass is 714 g/mol. The number of thiazole rings is 1. The number of thioether (sulfide) groups is 1. The first-order valence-electron chi connectivity index (χ1n) is 15.0. The molecule has 11 heteroatoms. The van der Waals surface area contributed by atoms with Crippen LogP contribution < -0.4 is 16.0 Å². The highest BCUT2D eigenvalue weighted by atomic mass is 35.5. The second-order valence-electron chi connectivity index (χ2n) is 11.1. The fraction of sp³-hybridized carbons (Fsp3) is 0.135. The van der Waals surface area contributed by atoms with Crippen LogP contribution in [0.25, 0.3) is 17.3 Å². The molecule has 0 saturated heterocycles. The molecule has 0 fully saturated rings. The molecule has 3 N–H and O–H groups in total. The van der Waals surface area contributed by atoms with Gasteiger partial charge < -0.3 is 16.0 Å². The van der Waals surface area contributed by atoms with Crippen molar-refractivity contribution in [1.82, 2.24) is 10.3 Å². The van der Waals surface area contributed by atoms with Crippen LogP contribution in [0.15, 0.2) is 113 Å². The van der Waals surface area contributed by atoms with Crippen molar-refractivity contribution in [2.45, 2.75) is 36.8 Å². The number of carbonyl (C=O) groups excluding carboxylic acids is 3. The number of amides is 3. The largest absolute Gasteiger partial charge is 0.321 e. The number of aromatic nitrogens is 1. The molecule has 5 rings (SSSR count). The molecular formula is C37H32Cl2N4O3S2. The zero-order valence-corrected chi connectivity index (χ0v) is 29.4. The maximum atomic E-state index is 13.4. The van der Waals surface area contributed by atoms with Crippen LogP contribution in [-0.4, -0.2) is 28.0 Å². The molecule has 1 aromatic heterocycles. The molecule has 0 aliphatic rings. The maximum absolute atomic E-state index is 13.4. The molecule has 3 amide bonds. The average Bonchev–Trinajstić information content (AvgIpc) is 3.53. The number of benzene rings is 4. The van der Waals surface area contributed by atoms with Gasteiger partial charge in [-0.3, -0.25) is 14.4 Å². The Balaban J connectivity index is 1.22. The van der Waals surface area contributed by atoms with Crippen molar-refractivity contribution in [3.05, 3.63) is 135 Å². The van der Waals surface area contributed by atoms with Gasteiger partial charge in [0.25, 0.3) is 11.8 Å². The molecule has 0 saturated carbocycles. The van der Waals surface area contributed by atoms with Gasteiger partial charge in [0.05, 0.1) is 16.0 Å². The van der Waals surface area contributed by atoms with Gasteiger partial charge in [-0.25, -0.2) is 4.98 Å². The molecule has 1 unspecified atom stereocenters. The van der Waals surface area contributed by atoms with Crippen LogP contribution in [-0.2, 0) is 9.59 Å². The summed E-state index contributed by atoms with van der Waals surface area (Å²) in [6.07, 6.45) is 1.65. The van der Waals surface area contributed by atoms with Gasteiger partial charge in [-0.15, -0.1) is 23.1 Å². The van der Waals surface area contributed by atoms with Gasteiger partial charge >= 0.3 is 0 Å². The predicted octanol–water partition coefficient (Wildman–Crippen LogP) is 9.77. The molecule has 1 heterocycles. The highest BCUT2D eigenvalue weighted by Crippen LogP contribution is 2.33. The van der Waals surface area contributed by atoms with Crippen LogP contribution in [0.2, 0.25) is 10.0 Å². The van der Waals surface area contributed by atoms with E-state index in [9.17, 15) is 14.4 Å². The van der Waals surface area contributed by atoms with Crippen LogP contribution in [0.1, 0.15) is 48.2 Å². The molecule has 0 spiro atoms. The summed E-state index contributed by atoms with van der Waals surface area (Å²) in [5.74, 6) is -0.694. The SMILES string of the molecule is CC(Sc1ccc(NC(=O)/C(=C/c2ccc(C(C)C)cc2)NC(=O)c2ccccc2)cc1)C(=O)Nc1nc(-c2ccc(Cl)cc2Cl)cs1. The van der Waals surface area contributed by atoms with Crippen molar-refractivity contribution in [1.29, 1.82) is 0 Å². The Hall–Kier alpha value is -4.41. The highest BCUT2D eigenvalue weighted by Gasteiger charge is 2.18. The van der Waals surface area contributed by atoms with E-state index in [1.54, 1.807) is 67.6 Å². The molecular weight excluding hydrogens is 683 g/mol. The first kappa shape index (κ1) is 34.9. The summed E-state index contributed by atoms with van der Waals surface area (Å²) in [6.45, 7) is 6.03. The van der Waals surface area contributed by atoms with Gasteiger partial charge in [0.1, 0.15) is 5.70 Å². The van der Waals surface area contributed by atoms with Crippen LogP contribution in [0.3, 0.4) is 0 Å².